The first kappa shape index (κ1) is 11.8. The molecule has 0 amide bonds. The molecule has 1 unspecified atom stereocenters. The number of hydrogen-bond acceptors (Lipinski definition) is 3. The number of ether oxygens (including phenoxy) is 1. The molecule has 3 N–H and O–H groups in total. The maximum Gasteiger partial charge on any atom is 0.409 e. The van der Waals surface area contributed by atoms with Crippen molar-refractivity contribution < 1.29 is 17.9 Å². The number of rotatable bonds is 3. The van der Waals surface area contributed by atoms with Crippen LogP contribution in [0.3, 0.4) is 0 Å². The van der Waals surface area contributed by atoms with Gasteiger partial charge in [-0.15, -0.1) is 0 Å². The van der Waals surface area contributed by atoms with Gasteiger partial charge >= 0.3 is 6.18 Å². The van der Waals surface area contributed by atoms with Crippen molar-refractivity contribution in [3.8, 4) is 5.75 Å². The Morgan fingerprint density at radius 3 is 2.53 bits per heavy atom. The van der Waals surface area contributed by atoms with Gasteiger partial charge in [0.15, 0.2) is 0 Å². The number of hydrogen-bond donors (Lipinski definition) is 2. The van der Waals surface area contributed by atoms with E-state index in [0.29, 0.717) is 5.75 Å². The Hall–Kier alpha value is -1.27. The number of halogens is 3. The first-order valence-corrected chi connectivity index (χ1v) is 4.16. The topological polar surface area (TPSA) is 47.3 Å². The molecule has 3 nitrogen and oxygen atoms in total. The van der Waals surface area contributed by atoms with Crippen LogP contribution in [0.1, 0.15) is 11.6 Å². The molecular weight excluding hydrogens is 209 g/mol. The van der Waals surface area contributed by atoms with Crippen molar-refractivity contribution in [1.82, 2.24) is 5.43 Å². The third kappa shape index (κ3) is 2.84. The van der Waals surface area contributed by atoms with Gasteiger partial charge in [0.1, 0.15) is 11.8 Å². The van der Waals surface area contributed by atoms with Gasteiger partial charge in [-0.1, -0.05) is 12.1 Å². The minimum absolute atomic E-state index is 0.0179. The average molecular weight is 220 g/mol. The van der Waals surface area contributed by atoms with Crippen LogP contribution in [0, 0.1) is 0 Å². The maximum absolute atomic E-state index is 12.5. The largest absolute Gasteiger partial charge is 0.497 e. The predicted molar refractivity (Wildman–Crippen MR) is 49.1 cm³/mol. The van der Waals surface area contributed by atoms with Crippen molar-refractivity contribution in [2.75, 3.05) is 7.11 Å². The second-order valence-electron chi connectivity index (χ2n) is 2.92. The van der Waals surface area contributed by atoms with Crippen LogP contribution in [0.15, 0.2) is 24.3 Å². The van der Waals surface area contributed by atoms with Gasteiger partial charge in [0, 0.05) is 0 Å². The van der Waals surface area contributed by atoms with Crippen LogP contribution in [-0.4, -0.2) is 13.3 Å². The van der Waals surface area contributed by atoms with Crippen molar-refractivity contribution in [2.24, 2.45) is 5.84 Å². The fourth-order valence-corrected chi connectivity index (χ4v) is 1.20. The van der Waals surface area contributed by atoms with E-state index in [1.54, 1.807) is 11.5 Å². The summed E-state index contributed by atoms with van der Waals surface area (Å²) in [6, 6.07) is 3.78. The van der Waals surface area contributed by atoms with Gasteiger partial charge < -0.3 is 4.74 Å². The number of nitrogens with two attached hydrogens (primary N) is 1. The summed E-state index contributed by atoms with van der Waals surface area (Å²) in [5.41, 5.74) is 1.75. The first-order valence-electron chi connectivity index (χ1n) is 4.16. The van der Waals surface area contributed by atoms with Gasteiger partial charge in [-0.05, 0) is 17.7 Å². The van der Waals surface area contributed by atoms with Gasteiger partial charge in [-0.25, -0.2) is 5.43 Å². The molecule has 0 aliphatic rings. The van der Waals surface area contributed by atoms with E-state index in [2.05, 4.69) is 0 Å². The Kier molecular flexibility index (Phi) is 3.54. The lowest BCUT2D eigenvalue weighted by Gasteiger charge is -2.19. The Balaban J connectivity index is 3.02. The van der Waals surface area contributed by atoms with Gasteiger partial charge in [-0.3, -0.25) is 5.84 Å². The molecule has 15 heavy (non-hydrogen) atoms. The van der Waals surface area contributed by atoms with Gasteiger partial charge in [0.2, 0.25) is 0 Å². The summed E-state index contributed by atoms with van der Waals surface area (Å²) < 4.78 is 42.2. The molecule has 1 aromatic rings. The summed E-state index contributed by atoms with van der Waals surface area (Å²) in [5.74, 6) is 5.23. The highest BCUT2D eigenvalue weighted by Crippen LogP contribution is 2.33. The molecule has 1 aromatic carbocycles. The zero-order valence-electron chi connectivity index (χ0n) is 8.01. The molecule has 0 bridgehead atoms. The first-order chi connectivity index (χ1) is 6.99. The zero-order valence-corrected chi connectivity index (χ0v) is 8.01. The fraction of sp³-hybridized carbons (Fsp3) is 0.333. The van der Waals surface area contributed by atoms with Gasteiger partial charge in [-0.2, -0.15) is 13.2 Å². The highest BCUT2D eigenvalue weighted by Gasteiger charge is 2.40. The maximum atomic E-state index is 12.5. The van der Waals surface area contributed by atoms with Crippen LogP contribution in [0.4, 0.5) is 13.2 Å². The average Bonchev–Trinajstić information content (AvgIpc) is 2.17. The SMILES string of the molecule is COc1cccc(C(NN)C(F)(F)F)c1. The van der Waals surface area contributed by atoms with Crippen molar-refractivity contribution in [1.29, 1.82) is 0 Å². The van der Waals surface area contributed by atoms with Crippen LogP contribution >= 0.6 is 0 Å². The summed E-state index contributed by atoms with van der Waals surface area (Å²) in [6.07, 6.45) is -4.43. The van der Waals surface area contributed by atoms with Crippen LogP contribution in [0.5, 0.6) is 5.75 Å². The fourth-order valence-electron chi connectivity index (χ4n) is 1.20. The smallest absolute Gasteiger partial charge is 0.409 e. The second-order valence-corrected chi connectivity index (χ2v) is 2.92. The molecule has 6 heteroatoms. The van der Waals surface area contributed by atoms with Crippen molar-refractivity contribution in [3.05, 3.63) is 29.8 Å². The highest BCUT2D eigenvalue weighted by molar-refractivity contribution is 5.31. The van der Waals surface area contributed by atoms with E-state index in [9.17, 15) is 13.2 Å². The van der Waals surface area contributed by atoms with Gasteiger partial charge in [0.25, 0.3) is 0 Å². The highest BCUT2D eigenvalue weighted by atomic mass is 19.4. The van der Waals surface area contributed by atoms with Crippen LogP contribution < -0.4 is 16.0 Å². The molecule has 84 valence electrons. The van der Waals surface area contributed by atoms with E-state index in [1.807, 2.05) is 0 Å². The molecule has 1 atom stereocenters. The third-order valence-corrected chi connectivity index (χ3v) is 1.92. The van der Waals surface area contributed by atoms with E-state index in [1.165, 1.54) is 25.3 Å². The quantitative estimate of drug-likeness (QED) is 0.602. The number of hydrazine groups is 1. The second kappa shape index (κ2) is 4.50. The minimum Gasteiger partial charge on any atom is -0.497 e. The Morgan fingerprint density at radius 2 is 2.07 bits per heavy atom. The van der Waals surface area contributed by atoms with Crippen molar-refractivity contribution in [2.45, 2.75) is 12.2 Å². The Labute approximate surface area is 85.0 Å². The summed E-state index contributed by atoms with van der Waals surface area (Å²) >= 11 is 0. The van der Waals surface area contributed by atoms with Gasteiger partial charge in [0.05, 0.1) is 7.11 Å². The molecular formula is C9H11F3N2O. The van der Waals surface area contributed by atoms with E-state index in [0.717, 1.165) is 0 Å². The van der Waals surface area contributed by atoms with Crippen LogP contribution in [0.25, 0.3) is 0 Å². The normalized spacial score (nSPS) is 13.7. The lowest BCUT2D eigenvalue weighted by molar-refractivity contribution is -0.157. The molecule has 0 radical (unpaired) electrons. The van der Waals surface area contributed by atoms with Crippen LogP contribution in [0.2, 0.25) is 0 Å². The third-order valence-electron chi connectivity index (χ3n) is 1.92. The molecule has 0 saturated carbocycles. The molecule has 0 aliphatic heterocycles. The lowest BCUT2D eigenvalue weighted by atomic mass is 10.1. The summed E-state index contributed by atoms with van der Waals surface area (Å²) in [7, 11) is 1.39. The Bertz CT molecular complexity index is 327. The molecule has 0 spiro atoms. The predicted octanol–water partition coefficient (Wildman–Crippen LogP) is 1.76. The lowest BCUT2D eigenvalue weighted by Crippen LogP contribution is -2.38. The van der Waals surface area contributed by atoms with Crippen molar-refractivity contribution >= 4 is 0 Å². The molecule has 1 rings (SSSR count). The molecule has 0 aliphatic carbocycles. The number of benzene rings is 1. The molecule has 0 saturated heterocycles. The molecule has 0 fully saturated rings. The van der Waals surface area contributed by atoms with E-state index < -0.39 is 12.2 Å². The van der Waals surface area contributed by atoms with Crippen LogP contribution in [-0.2, 0) is 0 Å². The summed E-state index contributed by atoms with van der Waals surface area (Å²) in [6.45, 7) is 0. The summed E-state index contributed by atoms with van der Waals surface area (Å²) in [5, 5.41) is 0. The minimum atomic E-state index is -4.43. The monoisotopic (exact) mass is 220 g/mol. The van der Waals surface area contributed by atoms with E-state index >= 15 is 0 Å². The zero-order chi connectivity index (χ0) is 11.5. The molecule has 0 heterocycles. The number of methoxy groups -OCH3 is 1. The summed E-state index contributed by atoms with van der Waals surface area (Å²) in [4.78, 5) is 0. The number of alkyl halides is 3. The number of nitrogens with one attached hydrogen (secondary N) is 1. The standard InChI is InChI=1S/C9H11F3N2O/c1-15-7-4-2-3-6(5-7)8(14-13)9(10,11)12/h2-5,8,14H,13H2,1H3. The van der Waals surface area contributed by atoms with Crippen molar-refractivity contribution in [3.63, 3.8) is 0 Å². The Morgan fingerprint density at radius 1 is 1.40 bits per heavy atom. The van der Waals surface area contributed by atoms with E-state index in [-0.39, 0.29) is 5.56 Å². The molecule has 0 aromatic heterocycles. The van der Waals surface area contributed by atoms with E-state index in [4.69, 9.17) is 10.6 Å².